The van der Waals surface area contributed by atoms with E-state index < -0.39 is 0 Å². The van der Waals surface area contributed by atoms with E-state index in [-0.39, 0.29) is 11.6 Å². The van der Waals surface area contributed by atoms with Crippen molar-refractivity contribution < 1.29 is 4.79 Å². The highest BCUT2D eigenvalue weighted by atomic mass is 35.5. The number of nitrogens with one attached hydrogen (secondary N) is 1. The minimum atomic E-state index is -0.299. The van der Waals surface area contributed by atoms with E-state index >= 15 is 0 Å². The molecule has 2 aromatic rings. The van der Waals surface area contributed by atoms with Crippen LogP contribution in [-0.4, -0.2) is 28.1 Å². The molecule has 1 aliphatic carbocycles. The van der Waals surface area contributed by atoms with Gasteiger partial charge in [-0.05, 0) is 61.4 Å². The first-order chi connectivity index (χ1) is 13.1. The summed E-state index contributed by atoms with van der Waals surface area (Å²) in [6.07, 6.45) is 5.60. The first-order valence-corrected chi connectivity index (χ1v) is 11.3. The highest BCUT2D eigenvalue weighted by molar-refractivity contribution is 8.16. The Morgan fingerprint density at radius 3 is 2.63 bits per heavy atom. The molecule has 1 N–H and O–H groups in total. The summed E-state index contributed by atoms with van der Waals surface area (Å²) in [6.45, 7) is 0. The fourth-order valence-corrected chi connectivity index (χ4v) is 5.18. The molecule has 1 amide bonds. The van der Waals surface area contributed by atoms with Gasteiger partial charge in [0.15, 0.2) is 5.66 Å². The molecular formula is C20H20ClN3OS2. The molecule has 0 radical (unpaired) electrons. The van der Waals surface area contributed by atoms with Gasteiger partial charge in [-0.2, -0.15) is 0 Å². The second-order valence-corrected chi connectivity index (χ2v) is 9.09. The number of carbonyl (C=O) groups is 1. The lowest BCUT2D eigenvalue weighted by molar-refractivity contribution is -0.113. The van der Waals surface area contributed by atoms with Crippen LogP contribution >= 0.6 is 34.7 Å². The van der Waals surface area contributed by atoms with Crippen LogP contribution in [0.4, 0.5) is 5.69 Å². The molecular weight excluding hydrogens is 398 g/mol. The summed E-state index contributed by atoms with van der Waals surface area (Å²) in [6, 6.07) is 11.2. The maximum Gasteiger partial charge on any atom is 0.234 e. The average Bonchev–Trinajstić information content (AvgIpc) is 3.31. The first-order valence-electron chi connectivity index (χ1n) is 9.06. The predicted octanol–water partition coefficient (Wildman–Crippen LogP) is 5.64. The molecule has 4 nitrogen and oxygen atoms in total. The maximum absolute atomic E-state index is 12.4. The van der Waals surface area contributed by atoms with Crippen molar-refractivity contribution in [2.24, 2.45) is 9.98 Å². The number of aliphatic imine (C=N–C) groups is 2. The number of hydrogen-bond donors (Lipinski definition) is 1. The van der Waals surface area contributed by atoms with Crippen LogP contribution in [0, 0.1) is 0 Å². The van der Waals surface area contributed by atoms with Crippen molar-refractivity contribution in [2.45, 2.75) is 37.8 Å². The van der Waals surface area contributed by atoms with Crippen molar-refractivity contribution in [3.63, 3.8) is 0 Å². The Labute approximate surface area is 172 Å². The zero-order valence-corrected chi connectivity index (χ0v) is 17.2. The normalized spacial score (nSPS) is 18.3. The van der Waals surface area contributed by atoms with Crippen molar-refractivity contribution >= 4 is 57.0 Å². The van der Waals surface area contributed by atoms with Crippen molar-refractivity contribution in [3.8, 4) is 0 Å². The summed E-state index contributed by atoms with van der Waals surface area (Å²) in [4.78, 5) is 23.5. The Bertz CT molecular complexity index is 869. The first kappa shape index (κ1) is 18.7. The lowest BCUT2D eigenvalue weighted by atomic mass is 9.90. The van der Waals surface area contributed by atoms with E-state index in [4.69, 9.17) is 21.6 Å². The van der Waals surface area contributed by atoms with Crippen molar-refractivity contribution in [1.29, 1.82) is 0 Å². The standard InChI is InChI=1S/C20H20ClN3OS2/c21-14-6-8-15(9-7-14)22-17(25)13-27-19-18(16-5-4-12-26-16)23-20(24-19)10-2-1-3-11-20/h4-9,12H,1-3,10-11,13H2,(H,22,25). The molecule has 0 saturated heterocycles. The molecule has 7 heteroatoms. The number of nitrogens with zero attached hydrogens (tertiary/aromatic N) is 2. The van der Waals surface area contributed by atoms with E-state index in [2.05, 4.69) is 16.8 Å². The van der Waals surface area contributed by atoms with Gasteiger partial charge in [-0.25, -0.2) is 4.99 Å². The van der Waals surface area contributed by atoms with Crippen LogP contribution in [0.25, 0.3) is 0 Å². The Kier molecular flexibility index (Phi) is 5.66. The number of anilines is 1. The number of benzene rings is 1. The SMILES string of the molecule is O=C(CSC1=NC2(CCCCC2)N=C1c1cccs1)Nc1ccc(Cl)cc1. The number of amides is 1. The topological polar surface area (TPSA) is 53.8 Å². The Balaban J connectivity index is 1.46. The van der Waals surface area contributed by atoms with E-state index in [1.165, 1.54) is 31.0 Å². The third-order valence-electron chi connectivity index (χ3n) is 4.71. The van der Waals surface area contributed by atoms with Gasteiger partial charge < -0.3 is 5.32 Å². The lowest BCUT2D eigenvalue weighted by Crippen LogP contribution is -2.25. The van der Waals surface area contributed by atoms with E-state index in [1.807, 2.05) is 6.07 Å². The number of hydrogen-bond acceptors (Lipinski definition) is 5. The summed E-state index contributed by atoms with van der Waals surface area (Å²) in [5, 5.41) is 6.50. The largest absolute Gasteiger partial charge is 0.325 e. The summed E-state index contributed by atoms with van der Waals surface area (Å²) in [7, 11) is 0. The summed E-state index contributed by atoms with van der Waals surface area (Å²) in [5.74, 6) is 0.252. The van der Waals surface area contributed by atoms with E-state index in [9.17, 15) is 4.79 Å². The van der Waals surface area contributed by atoms with Gasteiger partial charge in [-0.1, -0.05) is 35.9 Å². The number of carbonyl (C=O) groups excluding carboxylic acids is 1. The fraction of sp³-hybridized carbons (Fsp3) is 0.350. The van der Waals surface area contributed by atoms with Gasteiger partial charge >= 0.3 is 0 Å². The number of thioether (sulfide) groups is 1. The van der Waals surface area contributed by atoms with Crippen LogP contribution < -0.4 is 5.32 Å². The second kappa shape index (κ2) is 8.17. The number of thiophene rings is 1. The van der Waals surface area contributed by atoms with Crippen molar-refractivity contribution in [2.75, 3.05) is 11.1 Å². The number of rotatable bonds is 4. The smallest absolute Gasteiger partial charge is 0.234 e. The summed E-state index contributed by atoms with van der Waals surface area (Å²) in [5.41, 5.74) is 1.40. The van der Waals surface area contributed by atoms with Gasteiger partial charge in [0, 0.05) is 10.7 Å². The molecule has 4 rings (SSSR count). The molecule has 140 valence electrons. The van der Waals surface area contributed by atoms with Crippen molar-refractivity contribution in [3.05, 3.63) is 51.7 Å². The lowest BCUT2D eigenvalue weighted by Gasteiger charge is -2.27. The average molecular weight is 418 g/mol. The molecule has 1 aliphatic heterocycles. The monoisotopic (exact) mass is 417 g/mol. The third kappa shape index (κ3) is 4.45. The maximum atomic E-state index is 12.4. The molecule has 0 unspecified atom stereocenters. The van der Waals surface area contributed by atoms with Gasteiger partial charge in [0.1, 0.15) is 10.8 Å². The molecule has 27 heavy (non-hydrogen) atoms. The predicted molar refractivity (Wildman–Crippen MR) is 117 cm³/mol. The van der Waals surface area contributed by atoms with E-state index in [1.54, 1.807) is 35.6 Å². The minimum Gasteiger partial charge on any atom is -0.325 e. The third-order valence-corrected chi connectivity index (χ3v) is 6.80. The Morgan fingerprint density at radius 1 is 1.15 bits per heavy atom. The van der Waals surface area contributed by atoms with Crippen LogP contribution in [0.5, 0.6) is 0 Å². The van der Waals surface area contributed by atoms with Crippen LogP contribution in [0.15, 0.2) is 51.8 Å². The van der Waals surface area contributed by atoms with Crippen molar-refractivity contribution in [1.82, 2.24) is 0 Å². The minimum absolute atomic E-state index is 0.0554. The number of halogens is 1. The highest BCUT2D eigenvalue weighted by Gasteiger charge is 2.38. The summed E-state index contributed by atoms with van der Waals surface area (Å²) < 4.78 is 0. The van der Waals surface area contributed by atoms with Gasteiger partial charge in [0.25, 0.3) is 0 Å². The van der Waals surface area contributed by atoms with Gasteiger partial charge in [-0.3, -0.25) is 9.79 Å². The van der Waals surface area contributed by atoms with E-state index in [0.717, 1.165) is 34.2 Å². The zero-order valence-electron chi connectivity index (χ0n) is 14.8. The molecule has 0 bridgehead atoms. The van der Waals surface area contributed by atoms with Gasteiger partial charge in [-0.15, -0.1) is 11.3 Å². The van der Waals surface area contributed by atoms with Crippen LogP contribution in [0.1, 0.15) is 37.0 Å². The highest BCUT2D eigenvalue weighted by Crippen LogP contribution is 2.39. The Morgan fingerprint density at radius 2 is 1.93 bits per heavy atom. The van der Waals surface area contributed by atoms with Crippen LogP contribution in [-0.2, 0) is 4.79 Å². The van der Waals surface area contributed by atoms with Gasteiger partial charge in [0.05, 0.1) is 10.6 Å². The molecule has 1 saturated carbocycles. The van der Waals surface area contributed by atoms with Crippen LogP contribution in [0.3, 0.4) is 0 Å². The van der Waals surface area contributed by atoms with Gasteiger partial charge in [0.2, 0.25) is 5.91 Å². The quantitative estimate of drug-likeness (QED) is 0.700. The molecule has 2 heterocycles. The Hall–Kier alpha value is -1.63. The van der Waals surface area contributed by atoms with Crippen LogP contribution in [0.2, 0.25) is 5.02 Å². The molecule has 1 spiro atoms. The summed E-state index contributed by atoms with van der Waals surface area (Å²) >= 11 is 9.03. The molecule has 2 aliphatic rings. The van der Waals surface area contributed by atoms with E-state index in [0.29, 0.717) is 10.8 Å². The fourth-order valence-electron chi connectivity index (χ4n) is 3.40. The molecule has 1 aromatic heterocycles. The molecule has 1 aromatic carbocycles. The molecule has 1 fully saturated rings. The molecule has 0 atom stereocenters. The zero-order chi connectivity index (χ0) is 18.7. The second-order valence-electron chi connectivity index (χ2n) is 6.74.